The number of alkyl halides is 1. The van der Waals surface area contributed by atoms with E-state index in [2.05, 4.69) is 17.4 Å². The molecule has 0 aliphatic heterocycles. The minimum atomic E-state index is -0.585. The molecule has 1 aliphatic carbocycles. The molecule has 0 amide bonds. The molecule has 0 radical (unpaired) electrons. The molecular formula is C14H18ClNO2. The lowest BCUT2D eigenvalue weighted by Gasteiger charge is -2.21. The first-order chi connectivity index (χ1) is 8.68. The summed E-state index contributed by atoms with van der Waals surface area (Å²) in [4.78, 5) is 11.4. The third-order valence-electron chi connectivity index (χ3n) is 3.42. The molecular weight excluding hydrogens is 250 g/mol. The molecule has 0 bridgehead atoms. The monoisotopic (exact) mass is 267 g/mol. The Hall–Kier alpha value is -1.06. The van der Waals surface area contributed by atoms with Crippen molar-refractivity contribution in [1.82, 2.24) is 5.32 Å². The Kier molecular flexibility index (Phi) is 4.25. The number of nitrogens with one attached hydrogen (secondary N) is 1. The number of halogens is 1. The maximum absolute atomic E-state index is 11.4. The Labute approximate surface area is 112 Å². The summed E-state index contributed by atoms with van der Waals surface area (Å²) in [7, 11) is 1.37. The van der Waals surface area contributed by atoms with Gasteiger partial charge < -0.3 is 10.1 Å². The quantitative estimate of drug-likeness (QED) is 0.634. The minimum Gasteiger partial charge on any atom is -0.468 e. The van der Waals surface area contributed by atoms with Crippen molar-refractivity contribution in [2.45, 2.75) is 30.2 Å². The van der Waals surface area contributed by atoms with Crippen molar-refractivity contribution in [1.29, 1.82) is 0 Å². The van der Waals surface area contributed by atoms with Gasteiger partial charge in [-0.15, -0.1) is 11.6 Å². The zero-order valence-electron chi connectivity index (χ0n) is 10.5. The molecule has 0 heterocycles. The lowest BCUT2D eigenvalue weighted by atomic mass is 10.1. The Bertz CT molecular complexity index is 404. The van der Waals surface area contributed by atoms with Crippen LogP contribution in [0.15, 0.2) is 30.3 Å². The van der Waals surface area contributed by atoms with Crippen molar-refractivity contribution < 1.29 is 9.53 Å². The van der Waals surface area contributed by atoms with Crippen LogP contribution in [-0.2, 0) is 16.0 Å². The van der Waals surface area contributed by atoms with Gasteiger partial charge in [-0.1, -0.05) is 30.3 Å². The molecule has 1 atom stereocenters. The van der Waals surface area contributed by atoms with E-state index in [-0.39, 0.29) is 11.5 Å². The highest BCUT2D eigenvalue weighted by molar-refractivity contribution is 6.31. The molecule has 1 N–H and O–H groups in total. The summed E-state index contributed by atoms with van der Waals surface area (Å²) >= 11 is 6.13. The van der Waals surface area contributed by atoms with Gasteiger partial charge in [0, 0.05) is 5.54 Å². The molecule has 1 aliphatic rings. The van der Waals surface area contributed by atoms with Gasteiger partial charge in [0.25, 0.3) is 0 Å². The van der Waals surface area contributed by atoms with Gasteiger partial charge in [-0.05, 0) is 31.4 Å². The van der Waals surface area contributed by atoms with Crippen LogP contribution in [0.3, 0.4) is 0 Å². The SMILES string of the molecule is COC(=O)C(Cl)C1(NCCc2ccccc2)CC1. The van der Waals surface area contributed by atoms with Gasteiger partial charge in [0.1, 0.15) is 5.38 Å². The molecule has 0 saturated heterocycles. The van der Waals surface area contributed by atoms with Crippen LogP contribution in [0, 0.1) is 0 Å². The smallest absolute Gasteiger partial charge is 0.325 e. The van der Waals surface area contributed by atoms with Crippen molar-refractivity contribution in [2.24, 2.45) is 0 Å². The predicted octanol–water partition coefficient (Wildman–Crippen LogP) is 2.13. The lowest BCUT2D eigenvalue weighted by Crippen LogP contribution is -2.44. The first-order valence-corrected chi connectivity index (χ1v) is 6.62. The molecule has 0 aromatic heterocycles. The van der Waals surface area contributed by atoms with Gasteiger partial charge in [0.05, 0.1) is 7.11 Å². The van der Waals surface area contributed by atoms with Gasteiger partial charge in [-0.3, -0.25) is 4.79 Å². The summed E-state index contributed by atoms with van der Waals surface area (Å²) in [5.74, 6) is -0.346. The van der Waals surface area contributed by atoms with E-state index in [1.54, 1.807) is 0 Å². The maximum atomic E-state index is 11.4. The molecule has 4 heteroatoms. The minimum absolute atomic E-state index is 0.247. The number of hydrogen-bond donors (Lipinski definition) is 1. The van der Waals surface area contributed by atoms with Gasteiger partial charge in [-0.2, -0.15) is 0 Å². The van der Waals surface area contributed by atoms with Gasteiger partial charge in [0.15, 0.2) is 0 Å². The molecule has 1 aromatic rings. The van der Waals surface area contributed by atoms with E-state index in [1.807, 2.05) is 18.2 Å². The highest BCUT2D eigenvalue weighted by Gasteiger charge is 2.51. The van der Waals surface area contributed by atoms with Crippen molar-refractivity contribution in [3.63, 3.8) is 0 Å². The fraction of sp³-hybridized carbons (Fsp3) is 0.500. The summed E-state index contributed by atoms with van der Waals surface area (Å²) in [6, 6.07) is 10.3. The predicted molar refractivity (Wildman–Crippen MR) is 71.8 cm³/mol. The van der Waals surface area contributed by atoms with E-state index in [9.17, 15) is 4.79 Å². The second-order valence-corrected chi connectivity index (χ2v) is 5.14. The van der Waals surface area contributed by atoms with E-state index in [0.717, 1.165) is 25.8 Å². The molecule has 98 valence electrons. The molecule has 2 rings (SSSR count). The van der Waals surface area contributed by atoms with Gasteiger partial charge in [0.2, 0.25) is 0 Å². The van der Waals surface area contributed by atoms with Crippen LogP contribution in [0.4, 0.5) is 0 Å². The molecule has 18 heavy (non-hydrogen) atoms. The fourth-order valence-corrected chi connectivity index (χ4v) is 2.47. The first-order valence-electron chi connectivity index (χ1n) is 6.19. The van der Waals surface area contributed by atoms with Crippen molar-refractivity contribution in [2.75, 3.05) is 13.7 Å². The number of benzene rings is 1. The van der Waals surface area contributed by atoms with Crippen LogP contribution < -0.4 is 5.32 Å². The summed E-state index contributed by atoms with van der Waals surface area (Å²) in [5.41, 5.74) is 1.04. The third kappa shape index (κ3) is 3.03. The number of carbonyl (C=O) groups is 1. The second kappa shape index (κ2) is 5.72. The number of esters is 1. The Morgan fingerprint density at radius 2 is 2.11 bits per heavy atom. The van der Waals surface area contributed by atoms with E-state index < -0.39 is 5.38 Å². The van der Waals surface area contributed by atoms with Crippen molar-refractivity contribution in [3.8, 4) is 0 Å². The number of methoxy groups -OCH3 is 1. The van der Waals surface area contributed by atoms with Gasteiger partial charge in [-0.25, -0.2) is 0 Å². The summed E-state index contributed by atoms with van der Waals surface area (Å²) in [6.07, 6.45) is 2.81. The van der Waals surface area contributed by atoms with Crippen LogP contribution in [-0.4, -0.2) is 30.5 Å². The highest BCUT2D eigenvalue weighted by Crippen LogP contribution is 2.41. The normalized spacial score (nSPS) is 18.1. The first kappa shape index (κ1) is 13.4. The van der Waals surface area contributed by atoms with E-state index >= 15 is 0 Å². The largest absolute Gasteiger partial charge is 0.468 e. The van der Waals surface area contributed by atoms with Gasteiger partial charge >= 0.3 is 5.97 Å². The standard InChI is InChI=1S/C14H18ClNO2/c1-18-13(17)12(15)14(8-9-14)16-10-7-11-5-3-2-4-6-11/h2-6,12,16H,7-10H2,1H3. The molecule has 0 spiro atoms. The van der Waals surface area contributed by atoms with Crippen LogP contribution in [0.2, 0.25) is 0 Å². The van der Waals surface area contributed by atoms with E-state index in [4.69, 9.17) is 16.3 Å². The van der Waals surface area contributed by atoms with Crippen LogP contribution in [0.25, 0.3) is 0 Å². The highest BCUT2D eigenvalue weighted by atomic mass is 35.5. The summed E-state index contributed by atoms with van der Waals surface area (Å²) in [5, 5.41) is 2.82. The molecule has 1 fully saturated rings. The number of carbonyl (C=O) groups excluding carboxylic acids is 1. The summed E-state index contributed by atoms with van der Waals surface area (Å²) < 4.78 is 4.69. The molecule has 1 unspecified atom stereocenters. The van der Waals surface area contributed by atoms with Crippen LogP contribution in [0.5, 0.6) is 0 Å². The topological polar surface area (TPSA) is 38.3 Å². The zero-order chi connectivity index (χ0) is 13.0. The van der Waals surface area contributed by atoms with E-state index in [1.165, 1.54) is 12.7 Å². The average molecular weight is 268 g/mol. The third-order valence-corrected chi connectivity index (χ3v) is 4.01. The number of ether oxygens (including phenoxy) is 1. The van der Waals surface area contributed by atoms with E-state index in [0.29, 0.717) is 0 Å². The van der Waals surface area contributed by atoms with Crippen LogP contribution >= 0.6 is 11.6 Å². The van der Waals surface area contributed by atoms with Crippen LogP contribution in [0.1, 0.15) is 18.4 Å². The lowest BCUT2D eigenvalue weighted by molar-refractivity contribution is -0.141. The zero-order valence-corrected chi connectivity index (χ0v) is 11.2. The average Bonchev–Trinajstić information content (AvgIpc) is 3.19. The second-order valence-electron chi connectivity index (χ2n) is 4.70. The fourth-order valence-electron chi connectivity index (χ4n) is 2.08. The number of hydrogen-bond acceptors (Lipinski definition) is 3. The van der Waals surface area contributed by atoms with Crippen molar-refractivity contribution in [3.05, 3.63) is 35.9 Å². The Balaban J connectivity index is 1.81. The summed E-state index contributed by atoms with van der Waals surface area (Å²) in [6.45, 7) is 0.824. The molecule has 3 nitrogen and oxygen atoms in total. The molecule has 1 saturated carbocycles. The number of rotatable bonds is 6. The molecule has 1 aromatic carbocycles. The Morgan fingerprint density at radius 1 is 1.44 bits per heavy atom. The van der Waals surface area contributed by atoms with Crippen molar-refractivity contribution >= 4 is 17.6 Å². The Morgan fingerprint density at radius 3 is 2.67 bits per heavy atom. The maximum Gasteiger partial charge on any atom is 0.325 e.